The third kappa shape index (κ3) is 7.55. The molecule has 0 radical (unpaired) electrons. The molecule has 0 aliphatic carbocycles. The summed E-state index contributed by atoms with van der Waals surface area (Å²) in [6.07, 6.45) is -0.870. The summed E-state index contributed by atoms with van der Waals surface area (Å²) in [5, 5.41) is 4.88. The molecule has 272 valence electrons. The van der Waals surface area contributed by atoms with Gasteiger partial charge in [0.05, 0.1) is 28.3 Å². The first-order valence-corrected chi connectivity index (χ1v) is 18.0. The van der Waals surface area contributed by atoms with Crippen LogP contribution in [0.2, 0.25) is 0 Å². The van der Waals surface area contributed by atoms with Gasteiger partial charge in [-0.1, -0.05) is 137 Å². The Morgan fingerprint density at radius 2 is 0.815 bits per heavy atom. The van der Waals surface area contributed by atoms with E-state index in [4.69, 9.17) is 4.74 Å². The number of rotatable bonds is 6. The standard InChI is InChI=1S/C22H19NO2.C14H15NO4.C10H8/c1-14(2)20(17-12-11-15-7-3-4-8-16(15)13-17)23-21(24)18-9-5-6-10-19(18)22(23)25;1-8(2)14(19-9(3)16)15-12(17)10-6-4-5-7-11(10)13(15)18;1-2-6-10-8-4-3-7-9(10)5-1/h3-14,20H,1-2H3;4-8,14H,1-3H3;1-8H. The number of esters is 1. The molecule has 2 aliphatic rings. The average molecular weight is 719 g/mol. The van der Waals surface area contributed by atoms with Crippen LogP contribution in [-0.2, 0) is 9.53 Å². The molecule has 6 aromatic carbocycles. The van der Waals surface area contributed by atoms with E-state index in [1.54, 1.807) is 62.4 Å². The van der Waals surface area contributed by atoms with E-state index in [0.29, 0.717) is 22.3 Å². The van der Waals surface area contributed by atoms with Crippen molar-refractivity contribution in [3.05, 3.63) is 167 Å². The third-order valence-corrected chi connectivity index (χ3v) is 9.45. The summed E-state index contributed by atoms with van der Waals surface area (Å²) in [6.45, 7) is 8.93. The van der Waals surface area contributed by atoms with Gasteiger partial charge in [-0.15, -0.1) is 0 Å². The topological polar surface area (TPSA) is 101 Å². The number of ether oxygens (including phenoxy) is 1. The van der Waals surface area contributed by atoms with Crippen molar-refractivity contribution in [3.8, 4) is 0 Å². The molecule has 0 saturated heterocycles. The van der Waals surface area contributed by atoms with Crippen LogP contribution in [0.25, 0.3) is 21.5 Å². The number of benzene rings is 6. The summed E-state index contributed by atoms with van der Waals surface area (Å²) in [4.78, 5) is 63.9. The van der Waals surface area contributed by atoms with Gasteiger partial charge >= 0.3 is 5.97 Å². The fraction of sp³-hybridized carbons (Fsp3) is 0.196. The van der Waals surface area contributed by atoms with Crippen molar-refractivity contribution in [2.75, 3.05) is 0 Å². The smallest absolute Gasteiger partial charge is 0.304 e. The van der Waals surface area contributed by atoms with E-state index in [-0.39, 0.29) is 29.7 Å². The van der Waals surface area contributed by atoms with Gasteiger partial charge in [-0.25, -0.2) is 4.90 Å². The van der Waals surface area contributed by atoms with Crippen molar-refractivity contribution in [1.82, 2.24) is 9.80 Å². The quantitative estimate of drug-likeness (QED) is 0.126. The van der Waals surface area contributed by atoms with Crippen molar-refractivity contribution in [1.29, 1.82) is 0 Å². The van der Waals surface area contributed by atoms with Crippen LogP contribution in [0, 0.1) is 11.8 Å². The van der Waals surface area contributed by atoms with E-state index in [1.807, 2.05) is 32.0 Å². The molecule has 8 rings (SSSR count). The van der Waals surface area contributed by atoms with Crippen LogP contribution >= 0.6 is 0 Å². The van der Waals surface area contributed by atoms with Crippen LogP contribution in [0.5, 0.6) is 0 Å². The molecule has 6 aromatic rings. The lowest BCUT2D eigenvalue weighted by Crippen LogP contribution is -2.45. The molecular formula is C46H42N2O6. The highest BCUT2D eigenvalue weighted by molar-refractivity contribution is 6.22. The zero-order chi connectivity index (χ0) is 38.5. The second-order valence-electron chi connectivity index (χ2n) is 13.9. The Morgan fingerprint density at radius 1 is 0.463 bits per heavy atom. The fourth-order valence-corrected chi connectivity index (χ4v) is 6.91. The molecule has 2 atom stereocenters. The normalized spacial score (nSPS) is 14.4. The van der Waals surface area contributed by atoms with Gasteiger partial charge in [0.2, 0.25) is 0 Å². The van der Waals surface area contributed by atoms with E-state index >= 15 is 0 Å². The molecular weight excluding hydrogens is 677 g/mol. The van der Waals surface area contributed by atoms with Crippen LogP contribution in [-0.4, -0.2) is 45.6 Å². The van der Waals surface area contributed by atoms with Gasteiger partial charge in [-0.3, -0.25) is 28.9 Å². The summed E-state index contributed by atoms with van der Waals surface area (Å²) in [5.41, 5.74) is 2.69. The van der Waals surface area contributed by atoms with Gasteiger partial charge in [-0.05, 0) is 63.4 Å². The predicted octanol–water partition coefficient (Wildman–Crippen LogP) is 9.50. The van der Waals surface area contributed by atoms with Crippen LogP contribution in [0.3, 0.4) is 0 Å². The molecule has 2 heterocycles. The molecule has 0 spiro atoms. The Kier molecular flexibility index (Phi) is 11.1. The maximum atomic E-state index is 12.9. The first kappa shape index (κ1) is 37.4. The van der Waals surface area contributed by atoms with Crippen molar-refractivity contribution in [2.24, 2.45) is 11.8 Å². The SMILES string of the molecule is CC(=O)OC(C(C)C)N1C(=O)c2ccccc2C1=O.CC(C)C(c1ccc2ccccc2c1)N1C(=O)c2ccccc2C1=O.c1ccc2ccccc2c1. The molecule has 0 aromatic heterocycles. The zero-order valence-electron chi connectivity index (χ0n) is 30.9. The molecule has 54 heavy (non-hydrogen) atoms. The second-order valence-corrected chi connectivity index (χ2v) is 13.9. The first-order valence-electron chi connectivity index (χ1n) is 18.0. The number of nitrogens with zero attached hydrogens (tertiary/aromatic N) is 2. The molecule has 0 saturated carbocycles. The van der Waals surface area contributed by atoms with Gasteiger partial charge < -0.3 is 4.74 Å². The minimum atomic E-state index is -0.870. The number of carbonyl (C=O) groups is 5. The van der Waals surface area contributed by atoms with Gasteiger partial charge in [0.25, 0.3) is 23.6 Å². The number of fused-ring (bicyclic) bond motifs is 4. The van der Waals surface area contributed by atoms with Gasteiger partial charge in [0.1, 0.15) is 0 Å². The maximum Gasteiger partial charge on any atom is 0.304 e. The third-order valence-electron chi connectivity index (χ3n) is 9.45. The van der Waals surface area contributed by atoms with Crippen molar-refractivity contribution in [3.63, 3.8) is 0 Å². The highest BCUT2D eigenvalue weighted by Gasteiger charge is 2.43. The Morgan fingerprint density at radius 3 is 1.19 bits per heavy atom. The number of hydrogen-bond acceptors (Lipinski definition) is 6. The van der Waals surface area contributed by atoms with Gasteiger partial charge in [0, 0.05) is 12.8 Å². The Balaban J connectivity index is 0.000000151. The fourth-order valence-electron chi connectivity index (χ4n) is 6.91. The number of amides is 4. The van der Waals surface area contributed by atoms with Crippen LogP contribution < -0.4 is 0 Å². The first-order chi connectivity index (χ1) is 26.0. The molecule has 0 bridgehead atoms. The zero-order valence-corrected chi connectivity index (χ0v) is 30.9. The monoisotopic (exact) mass is 718 g/mol. The molecule has 8 heteroatoms. The molecule has 8 nitrogen and oxygen atoms in total. The van der Waals surface area contributed by atoms with E-state index < -0.39 is 24.0 Å². The highest BCUT2D eigenvalue weighted by Crippen LogP contribution is 2.37. The van der Waals surface area contributed by atoms with E-state index in [2.05, 4.69) is 72.8 Å². The van der Waals surface area contributed by atoms with Gasteiger partial charge in [0.15, 0.2) is 6.23 Å². The largest absolute Gasteiger partial charge is 0.441 e. The average Bonchev–Trinajstić information content (AvgIpc) is 3.58. The summed E-state index contributed by atoms with van der Waals surface area (Å²) in [6, 6.07) is 44.4. The molecule has 0 fully saturated rings. The summed E-state index contributed by atoms with van der Waals surface area (Å²) in [7, 11) is 0. The van der Waals surface area contributed by atoms with Crippen LogP contribution in [0.4, 0.5) is 0 Å². The minimum absolute atomic E-state index is 0.114. The lowest BCUT2D eigenvalue weighted by atomic mass is 9.92. The van der Waals surface area contributed by atoms with Crippen LogP contribution in [0.1, 0.15) is 87.7 Å². The second kappa shape index (κ2) is 16.1. The Labute approximate surface area is 315 Å². The lowest BCUT2D eigenvalue weighted by Gasteiger charge is -2.30. The molecule has 4 amide bonds. The molecule has 2 unspecified atom stereocenters. The highest BCUT2D eigenvalue weighted by atomic mass is 16.6. The summed E-state index contributed by atoms with van der Waals surface area (Å²) >= 11 is 0. The molecule has 2 aliphatic heterocycles. The van der Waals surface area contributed by atoms with Crippen molar-refractivity contribution < 1.29 is 28.7 Å². The van der Waals surface area contributed by atoms with Crippen LogP contribution in [0.15, 0.2) is 140 Å². The Hall–Kier alpha value is -6.41. The lowest BCUT2D eigenvalue weighted by molar-refractivity contribution is -0.155. The number of carbonyl (C=O) groups excluding carboxylic acids is 5. The summed E-state index contributed by atoms with van der Waals surface area (Å²) < 4.78 is 5.11. The van der Waals surface area contributed by atoms with Gasteiger partial charge in [-0.2, -0.15) is 0 Å². The minimum Gasteiger partial charge on any atom is -0.441 e. The Bertz CT molecular complexity index is 2250. The summed E-state index contributed by atoms with van der Waals surface area (Å²) in [5.74, 6) is -1.81. The number of imide groups is 2. The van der Waals surface area contributed by atoms with E-state index in [0.717, 1.165) is 21.2 Å². The van der Waals surface area contributed by atoms with E-state index in [9.17, 15) is 24.0 Å². The maximum absolute atomic E-state index is 12.9. The number of hydrogen-bond donors (Lipinski definition) is 0. The molecule has 0 N–H and O–H groups in total. The van der Waals surface area contributed by atoms with Crippen molar-refractivity contribution in [2.45, 2.75) is 46.9 Å². The predicted molar refractivity (Wildman–Crippen MR) is 210 cm³/mol. The van der Waals surface area contributed by atoms with Crippen molar-refractivity contribution >= 4 is 51.1 Å². The van der Waals surface area contributed by atoms with E-state index in [1.165, 1.54) is 22.6 Å².